The molecule has 1 N–H and O–H groups in total. The van der Waals surface area contributed by atoms with Crippen molar-refractivity contribution >= 4 is 219 Å². The Morgan fingerprint density at radius 1 is 0.231 bits per heavy atom. The Morgan fingerprint density at radius 3 is 0.966 bits per heavy atom. The molecule has 0 atom stereocenters. The maximum absolute atomic E-state index is 6.75. The van der Waals surface area contributed by atoms with Crippen LogP contribution in [-0.4, -0.2) is 44.8 Å². The number of para-hydroxylation sites is 6. The van der Waals surface area contributed by atoms with Gasteiger partial charge in [-0.15, -0.1) is 22.7 Å². The van der Waals surface area contributed by atoms with Crippen LogP contribution in [0, 0.1) is 0 Å². The van der Waals surface area contributed by atoms with Crippen LogP contribution in [0.3, 0.4) is 0 Å². The van der Waals surface area contributed by atoms with Gasteiger partial charge in [-0.25, -0.2) is 9.97 Å². The van der Waals surface area contributed by atoms with Crippen LogP contribution in [0.5, 0.6) is 0 Å². The van der Waals surface area contributed by atoms with E-state index < -0.39 is 16.1 Å². The standard InChI is InChI=1S/C53H35N3SSi.C41H27ClN2SSi.C12H9N/c1-3-17-37(18-4-1)58(38-19-5-2-6-20-38,39-21-15-16-36(34-39)55-47-26-11-7-22-41(47)42-23-8-12-27-48(42)55)40-30-31-50-46(35-40)43-24-9-13-28-49(43)56(50)53-52-45(32-33-54-53)44-25-10-14-29-51(44)57-52;42-28-12-11-17-31(26-28)46(29-13-3-1-4-14-29,30-15-5-2-6-16-30)32-22-23-38-36(27-32)33-18-7-9-20-37(33)44(38)41-40-35(24-25-43-41)34-19-8-10-21-39(34)45-40;1-3-7-11-9(5-1)10-6-2-4-8-12(10)13-11/h1-35H;1-27H;1-8,13H. The summed E-state index contributed by atoms with van der Waals surface area (Å²) in [4.78, 5) is 13.5. The summed E-state index contributed by atoms with van der Waals surface area (Å²) < 4.78 is 12.2. The summed E-state index contributed by atoms with van der Waals surface area (Å²) >= 11 is 10.4. The van der Waals surface area contributed by atoms with Crippen molar-refractivity contribution in [2.45, 2.75) is 0 Å². The van der Waals surface area contributed by atoms with Gasteiger partial charge in [-0.3, -0.25) is 9.13 Å². The molecule has 0 bridgehead atoms. The molecule has 8 aromatic heterocycles. The summed E-state index contributed by atoms with van der Waals surface area (Å²) in [6.45, 7) is 0. The number of aromatic amines is 1. The lowest BCUT2D eigenvalue weighted by Gasteiger charge is -2.35. The highest BCUT2D eigenvalue weighted by molar-refractivity contribution is 7.26. The fraction of sp³-hybridized carbons (Fsp3) is 0. The molecule has 16 aromatic carbocycles. The van der Waals surface area contributed by atoms with E-state index in [1.807, 2.05) is 41.1 Å². The minimum Gasteiger partial charge on any atom is -0.355 e. The first kappa shape index (κ1) is 69.9. The van der Waals surface area contributed by atoms with Crippen LogP contribution in [0.15, 0.2) is 425 Å². The highest BCUT2D eigenvalue weighted by Crippen LogP contribution is 2.43. The fourth-order valence-electron chi connectivity index (χ4n) is 18.8. The summed E-state index contributed by atoms with van der Waals surface area (Å²) in [6, 6.07) is 150. The molecule has 11 heteroatoms. The maximum Gasteiger partial charge on any atom is 0.179 e. The first-order valence-corrected chi connectivity index (χ1v) is 45.6. The third-order valence-corrected chi connectivity index (χ3v) is 35.9. The van der Waals surface area contributed by atoms with E-state index in [0.29, 0.717) is 0 Å². The number of H-pyrrole nitrogens is 1. The van der Waals surface area contributed by atoms with E-state index in [1.165, 1.54) is 153 Å². The number of pyridine rings is 2. The van der Waals surface area contributed by atoms with Gasteiger partial charge in [-0.05, 0) is 139 Å². The zero-order valence-electron chi connectivity index (χ0n) is 63.3. The summed E-state index contributed by atoms with van der Waals surface area (Å²) in [6.07, 6.45) is 3.92. The Bertz CT molecular complexity index is 7760. The van der Waals surface area contributed by atoms with E-state index in [4.69, 9.17) is 21.6 Å². The average molecular weight is 1580 g/mol. The van der Waals surface area contributed by atoms with Crippen molar-refractivity contribution in [2.24, 2.45) is 0 Å². The van der Waals surface area contributed by atoms with Gasteiger partial charge in [0.15, 0.2) is 27.8 Å². The molecule has 0 radical (unpaired) electrons. The van der Waals surface area contributed by atoms with Crippen molar-refractivity contribution in [3.63, 3.8) is 0 Å². The molecule has 8 heterocycles. The van der Waals surface area contributed by atoms with E-state index in [0.717, 1.165) is 38.7 Å². The molecule has 0 amide bonds. The van der Waals surface area contributed by atoms with Gasteiger partial charge >= 0.3 is 0 Å². The predicted octanol–water partition coefficient (Wildman–Crippen LogP) is 22.9. The molecule has 0 spiro atoms. The number of rotatable bonds is 11. The lowest BCUT2D eigenvalue weighted by Crippen LogP contribution is -2.74. The molecule has 24 rings (SSSR count). The first-order chi connectivity index (χ1) is 58.0. The number of nitrogens with one attached hydrogen (secondary N) is 1. The van der Waals surface area contributed by atoms with Crippen LogP contribution in [0.4, 0.5) is 0 Å². The van der Waals surface area contributed by atoms with Crippen LogP contribution >= 0.6 is 34.3 Å². The fourth-order valence-corrected chi connectivity index (χ4v) is 31.0. The number of hydrogen-bond donors (Lipinski definition) is 1. The second kappa shape index (κ2) is 28.9. The minimum absolute atomic E-state index is 0.751. The summed E-state index contributed by atoms with van der Waals surface area (Å²) in [7, 11) is -5.73. The molecule has 117 heavy (non-hydrogen) atoms. The molecule has 0 fully saturated rings. The quantitative estimate of drug-likeness (QED) is 0.104. The summed E-state index contributed by atoms with van der Waals surface area (Å²) in [5.41, 5.74) is 10.6. The molecular formula is C106H71ClN6S2Si2. The van der Waals surface area contributed by atoms with Crippen molar-refractivity contribution in [1.82, 2.24) is 28.7 Å². The van der Waals surface area contributed by atoms with Gasteiger partial charge in [-0.2, -0.15) is 0 Å². The molecule has 6 nitrogen and oxygen atoms in total. The zero-order chi connectivity index (χ0) is 77.5. The number of nitrogens with zero attached hydrogens (tertiary/aromatic N) is 5. The largest absolute Gasteiger partial charge is 0.355 e. The molecular weight excluding hydrogens is 1510 g/mol. The zero-order valence-corrected chi connectivity index (χ0v) is 67.7. The molecule has 0 saturated heterocycles. The SMILES string of the molecule is Clc1cccc([Si](c2ccccc2)(c2ccccc2)c2ccc3c(c2)c2ccccc2n3-c2nccc3c2sc2ccccc23)c1.c1ccc([Si](c2ccccc2)(c2cccc(-n3c4ccccc4c4ccccc43)c2)c2ccc3c(c2)c2ccccc2n3-c2nccc3c2sc2ccccc23)cc1.c1ccc2c(c1)[nH]c1ccccc12. The number of aromatic nitrogens is 6. The third-order valence-electron chi connectivity index (χ3n) is 23.8. The van der Waals surface area contributed by atoms with Crippen LogP contribution in [0.2, 0.25) is 5.02 Å². The van der Waals surface area contributed by atoms with E-state index >= 15 is 0 Å². The Morgan fingerprint density at radius 2 is 0.547 bits per heavy atom. The van der Waals surface area contributed by atoms with Gasteiger partial charge < -0.3 is 9.55 Å². The van der Waals surface area contributed by atoms with Gasteiger partial charge in [0.1, 0.15) is 0 Å². The Labute approximate surface area is 690 Å². The smallest absolute Gasteiger partial charge is 0.179 e. The normalized spacial score (nSPS) is 12.0. The van der Waals surface area contributed by atoms with Gasteiger partial charge in [0.2, 0.25) is 0 Å². The lowest BCUT2D eigenvalue weighted by atomic mass is 10.1. The van der Waals surface area contributed by atoms with Crippen molar-refractivity contribution in [1.29, 1.82) is 0 Å². The van der Waals surface area contributed by atoms with Crippen LogP contribution in [0.1, 0.15) is 0 Å². The van der Waals surface area contributed by atoms with E-state index in [9.17, 15) is 0 Å². The molecule has 0 saturated carbocycles. The highest BCUT2D eigenvalue weighted by atomic mass is 35.5. The molecule has 0 aliphatic carbocycles. The van der Waals surface area contributed by atoms with Crippen molar-refractivity contribution in [3.8, 4) is 17.3 Å². The van der Waals surface area contributed by atoms with Crippen molar-refractivity contribution in [3.05, 3.63) is 430 Å². The Hall–Kier alpha value is -13.8. The molecule has 0 aliphatic rings. The monoisotopic (exact) mass is 1580 g/mol. The maximum atomic E-state index is 6.75. The van der Waals surface area contributed by atoms with Crippen LogP contribution < -0.4 is 41.5 Å². The Balaban J connectivity index is 0.000000124. The highest BCUT2D eigenvalue weighted by Gasteiger charge is 2.44. The molecule has 0 unspecified atom stereocenters. The Kier molecular flexibility index (Phi) is 17.3. The number of hydrogen-bond acceptors (Lipinski definition) is 4. The van der Waals surface area contributed by atoms with Crippen molar-refractivity contribution in [2.75, 3.05) is 0 Å². The second-order valence-corrected chi connectivity index (χ2v) is 40.2. The van der Waals surface area contributed by atoms with Gasteiger partial charge in [0.25, 0.3) is 0 Å². The van der Waals surface area contributed by atoms with Gasteiger partial charge in [0, 0.05) is 108 Å². The van der Waals surface area contributed by atoms with Gasteiger partial charge in [0.05, 0.1) is 42.5 Å². The number of fused-ring (bicyclic) bond motifs is 18. The van der Waals surface area contributed by atoms with Crippen molar-refractivity contribution < 1.29 is 0 Å². The lowest BCUT2D eigenvalue weighted by molar-refractivity contribution is 1.11. The van der Waals surface area contributed by atoms with E-state index in [2.05, 4.69) is 425 Å². The summed E-state index contributed by atoms with van der Waals surface area (Å²) in [5.74, 6) is 1.95. The average Bonchev–Trinajstić information content (AvgIpc) is 1.65. The molecule has 24 aromatic rings. The number of halogens is 1. The van der Waals surface area contributed by atoms with E-state index in [-0.39, 0.29) is 0 Å². The third kappa shape index (κ3) is 11.4. The minimum atomic E-state index is -2.96. The van der Waals surface area contributed by atoms with E-state index in [1.54, 1.807) is 0 Å². The van der Waals surface area contributed by atoms with Crippen LogP contribution in [-0.2, 0) is 0 Å². The number of benzene rings is 16. The second-order valence-electron chi connectivity index (χ2n) is 30.0. The first-order valence-electron chi connectivity index (χ1n) is 39.6. The van der Waals surface area contributed by atoms with Gasteiger partial charge in [-0.1, -0.05) is 327 Å². The van der Waals surface area contributed by atoms with Crippen LogP contribution in [0.25, 0.3) is 145 Å². The number of thiophene rings is 2. The topological polar surface area (TPSA) is 56.4 Å². The predicted molar refractivity (Wildman–Crippen MR) is 505 cm³/mol. The molecule has 0 aliphatic heterocycles. The summed E-state index contributed by atoms with van der Waals surface area (Å²) in [5, 5.41) is 26.4. The molecule has 552 valence electrons.